The van der Waals surface area contributed by atoms with E-state index in [2.05, 4.69) is 109 Å². The number of rotatable bonds is 5. The maximum atomic E-state index is 5.17. The fourth-order valence-electron chi connectivity index (χ4n) is 6.94. The van der Waals surface area contributed by atoms with E-state index < -0.39 is 0 Å². The highest BCUT2D eigenvalue weighted by Gasteiger charge is 2.17. The van der Waals surface area contributed by atoms with E-state index in [-0.39, 0.29) is 0 Å². The zero-order valence-electron chi connectivity index (χ0n) is 27.8. The zero-order chi connectivity index (χ0) is 34.4. The standard InChI is InChI=1S/C46H28N6/c1-2-10-30(11-3-1)39-26-24-33-20-21-34-25-27-40(49-43(34)42(33)48-39)31-18-22-35(23-19-31)44-50-45(37-16-6-12-29-9-4-5-15-36(29)37)52-46(51-44)38-17-7-13-32-14-8-28-47-41(32)38/h1-28H. The lowest BCUT2D eigenvalue weighted by Crippen LogP contribution is -2.01. The van der Waals surface area contributed by atoms with Gasteiger partial charge in [0.05, 0.1) is 27.9 Å². The molecule has 4 heterocycles. The van der Waals surface area contributed by atoms with Crippen molar-refractivity contribution in [1.29, 1.82) is 0 Å². The molecule has 242 valence electrons. The molecule has 10 aromatic rings. The van der Waals surface area contributed by atoms with E-state index in [1.54, 1.807) is 6.20 Å². The number of hydrogen-bond acceptors (Lipinski definition) is 6. The smallest absolute Gasteiger partial charge is 0.166 e. The summed E-state index contributed by atoms with van der Waals surface area (Å²) in [5, 5.41) is 5.34. The summed E-state index contributed by atoms with van der Waals surface area (Å²) in [7, 11) is 0. The van der Waals surface area contributed by atoms with Crippen LogP contribution >= 0.6 is 0 Å². The van der Waals surface area contributed by atoms with Crippen LogP contribution in [0.4, 0.5) is 0 Å². The van der Waals surface area contributed by atoms with Gasteiger partial charge in [0.25, 0.3) is 0 Å². The van der Waals surface area contributed by atoms with E-state index >= 15 is 0 Å². The number of para-hydroxylation sites is 1. The molecular formula is C46H28N6. The maximum Gasteiger partial charge on any atom is 0.166 e. The molecule has 0 aliphatic carbocycles. The predicted octanol–water partition coefficient (Wildman–Crippen LogP) is 11.0. The van der Waals surface area contributed by atoms with Crippen molar-refractivity contribution < 1.29 is 0 Å². The van der Waals surface area contributed by atoms with Crippen molar-refractivity contribution in [1.82, 2.24) is 29.9 Å². The Balaban J connectivity index is 1.09. The molecule has 0 bridgehead atoms. The molecule has 6 heteroatoms. The molecule has 0 aliphatic heterocycles. The van der Waals surface area contributed by atoms with Crippen LogP contribution in [0.5, 0.6) is 0 Å². The van der Waals surface area contributed by atoms with Gasteiger partial charge in [-0.15, -0.1) is 0 Å². The van der Waals surface area contributed by atoms with Crippen LogP contribution < -0.4 is 0 Å². The molecule has 0 spiro atoms. The topological polar surface area (TPSA) is 77.3 Å². The summed E-state index contributed by atoms with van der Waals surface area (Å²) in [4.78, 5) is 30.1. The Morgan fingerprint density at radius 3 is 1.56 bits per heavy atom. The van der Waals surface area contributed by atoms with Gasteiger partial charge in [-0.05, 0) is 35.0 Å². The number of hydrogen-bond donors (Lipinski definition) is 0. The highest BCUT2D eigenvalue weighted by Crippen LogP contribution is 2.33. The Bertz CT molecular complexity index is 2850. The summed E-state index contributed by atoms with van der Waals surface area (Å²) >= 11 is 0. The van der Waals surface area contributed by atoms with Gasteiger partial charge in [-0.3, -0.25) is 4.98 Å². The van der Waals surface area contributed by atoms with E-state index in [9.17, 15) is 0 Å². The minimum Gasteiger partial charge on any atom is -0.255 e. The lowest BCUT2D eigenvalue weighted by atomic mass is 10.0. The van der Waals surface area contributed by atoms with E-state index in [0.717, 1.165) is 82.7 Å². The molecule has 0 N–H and O–H groups in total. The molecule has 10 rings (SSSR count). The van der Waals surface area contributed by atoms with E-state index in [4.69, 9.17) is 29.9 Å². The third kappa shape index (κ3) is 5.22. The van der Waals surface area contributed by atoms with Gasteiger partial charge >= 0.3 is 0 Å². The normalized spacial score (nSPS) is 11.5. The van der Waals surface area contributed by atoms with Crippen LogP contribution in [0.15, 0.2) is 170 Å². The Morgan fingerprint density at radius 1 is 0.288 bits per heavy atom. The lowest BCUT2D eigenvalue weighted by molar-refractivity contribution is 1.08. The molecule has 0 amide bonds. The SMILES string of the molecule is c1ccc(-c2ccc3ccc4ccc(-c5ccc(-c6nc(-c7cccc8ccccc78)nc(-c7cccc8cccnc78)n6)cc5)nc4c3n2)cc1. The second kappa shape index (κ2) is 12.3. The molecular weight excluding hydrogens is 637 g/mol. The number of benzene rings is 6. The summed E-state index contributed by atoms with van der Waals surface area (Å²) in [6.45, 7) is 0. The fourth-order valence-corrected chi connectivity index (χ4v) is 6.94. The van der Waals surface area contributed by atoms with Crippen LogP contribution in [0.3, 0.4) is 0 Å². The van der Waals surface area contributed by atoms with Gasteiger partial charge in [0.1, 0.15) is 0 Å². The van der Waals surface area contributed by atoms with E-state index in [1.807, 2.05) is 54.6 Å². The van der Waals surface area contributed by atoms with Crippen molar-refractivity contribution in [2.24, 2.45) is 0 Å². The highest BCUT2D eigenvalue weighted by molar-refractivity contribution is 6.04. The zero-order valence-corrected chi connectivity index (χ0v) is 27.8. The second-order valence-electron chi connectivity index (χ2n) is 12.8. The van der Waals surface area contributed by atoms with Crippen LogP contribution in [0.1, 0.15) is 0 Å². The van der Waals surface area contributed by atoms with Crippen molar-refractivity contribution in [3.8, 4) is 56.7 Å². The number of aromatic nitrogens is 6. The number of pyridine rings is 3. The molecule has 6 aromatic carbocycles. The van der Waals surface area contributed by atoms with Crippen molar-refractivity contribution in [3.63, 3.8) is 0 Å². The molecule has 0 unspecified atom stereocenters. The Labute approximate surface area is 299 Å². The average Bonchev–Trinajstić information content (AvgIpc) is 3.23. The molecule has 0 radical (unpaired) electrons. The van der Waals surface area contributed by atoms with Crippen molar-refractivity contribution >= 4 is 43.5 Å². The number of fused-ring (bicyclic) bond motifs is 5. The molecule has 0 aliphatic rings. The van der Waals surface area contributed by atoms with Gasteiger partial charge in [-0.25, -0.2) is 24.9 Å². The van der Waals surface area contributed by atoms with Gasteiger partial charge < -0.3 is 0 Å². The summed E-state index contributed by atoms with van der Waals surface area (Å²) in [5.41, 5.74) is 9.16. The average molecular weight is 665 g/mol. The van der Waals surface area contributed by atoms with Crippen molar-refractivity contribution in [2.45, 2.75) is 0 Å². The maximum absolute atomic E-state index is 5.17. The molecule has 0 saturated heterocycles. The van der Waals surface area contributed by atoms with Gasteiger partial charge in [0.15, 0.2) is 17.5 Å². The van der Waals surface area contributed by atoms with Crippen molar-refractivity contribution in [2.75, 3.05) is 0 Å². The quantitative estimate of drug-likeness (QED) is 0.170. The number of nitrogens with zero attached hydrogens (tertiary/aromatic N) is 6. The molecule has 52 heavy (non-hydrogen) atoms. The lowest BCUT2D eigenvalue weighted by Gasteiger charge is -2.12. The van der Waals surface area contributed by atoms with Crippen LogP contribution in [0, 0.1) is 0 Å². The van der Waals surface area contributed by atoms with Crippen LogP contribution in [-0.2, 0) is 0 Å². The molecule has 0 saturated carbocycles. The first kappa shape index (κ1) is 29.7. The molecule has 4 aromatic heterocycles. The van der Waals surface area contributed by atoms with E-state index in [0.29, 0.717) is 17.5 Å². The summed E-state index contributed by atoms with van der Waals surface area (Å²) in [6, 6.07) is 55.8. The monoisotopic (exact) mass is 664 g/mol. The highest BCUT2D eigenvalue weighted by atomic mass is 15.0. The van der Waals surface area contributed by atoms with Gasteiger partial charge in [0.2, 0.25) is 0 Å². The van der Waals surface area contributed by atoms with Crippen molar-refractivity contribution in [3.05, 3.63) is 170 Å². The van der Waals surface area contributed by atoms with Crippen LogP contribution in [0.25, 0.3) is 100 Å². The molecule has 0 fully saturated rings. The van der Waals surface area contributed by atoms with E-state index in [1.165, 1.54) is 0 Å². The minimum atomic E-state index is 0.576. The first-order valence-corrected chi connectivity index (χ1v) is 17.2. The van der Waals surface area contributed by atoms with Gasteiger partial charge in [0, 0.05) is 50.2 Å². The molecule has 0 atom stereocenters. The first-order valence-electron chi connectivity index (χ1n) is 17.2. The Kier molecular flexibility index (Phi) is 7.03. The fraction of sp³-hybridized carbons (Fsp3) is 0. The summed E-state index contributed by atoms with van der Waals surface area (Å²) in [5.74, 6) is 1.77. The Hall–Kier alpha value is -7.18. The second-order valence-corrected chi connectivity index (χ2v) is 12.8. The predicted molar refractivity (Wildman–Crippen MR) is 210 cm³/mol. The van der Waals surface area contributed by atoms with Gasteiger partial charge in [-0.2, -0.15) is 0 Å². The molecule has 6 nitrogen and oxygen atoms in total. The van der Waals surface area contributed by atoms with Gasteiger partial charge in [-0.1, -0.05) is 140 Å². The third-order valence-electron chi connectivity index (χ3n) is 9.57. The summed E-state index contributed by atoms with van der Waals surface area (Å²) < 4.78 is 0. The third-order valence-corrected chi connectivity index (χ3v) is 9.57. The van der Waals surface area contributed by atoms with Crippen LogP contribution in [0.2, 0.25) is 0 Å². The largest absolute Gasteiger partial charge is 0.255 e. The first-order chi connectivity index (χ1) is 25.7. The Morgan fingerprint density at radius 2 is 0.808 bits per heavy atom. The summed E-state index contributed by atoms with van der Waals surface area (Å²) in [6.07, 6.45) is 1.81. The van der Waals surface area contributed by atoms with Crippen LogP contribution in [-0.4, -0.2) is 29.9 Å². The minimum absolute atomic E-state index is 0.576.